The summed E-state index contributed by atoms with van der Waals surface area (Å²) in [4.78, 5) is 24.5. The highest BCUT2D eigenvalue weighted by atomic mass is 16.6. The van der Waals surface area contributed by atoms with Crippen molar-refractivity contribution in [1.82, 2.24) is 24.8 Å². The van der Waals surface area contributed by atoms with Gasteiger partial charge in [0.25, 0.3) is 5.91 Å². The molecule has 0 spiro atoms. The van der Waals surface area contributed by atoms with Crippen molar-refractivity contribution in [2.45, 2.75) is 70.0 Å². The van der Waals surface area contributed by atoms with E-state index in [0.717, 1.165) is 19.3 Å². The number of hydrogen-bond acceptors (Lipinski definition) is 8. The van der Waals surface area contributed by atoms with Crippen molar-refractivity contribution in [3.05, 3.63) is 12.7 Å². The summed E-state index contributed by atoms with van der Waals surface area (Å²) < 4.78 is 7.11. The number of carbonyl (C=O) groups is 1. The number of nitrogen functional groups attached to an aromatic ring is 1. The van der Waals surface area contributed by atoms with E-state index in [4.69, 9.17) is 10.5 Å². The molecule has 0 unspecified atom stereocenters. The van der Waals surface area contributed by atoms with Gasteiger partial charge in [0.1, 0.15) is 24.1 Å². The third-order valence-electron chi connectivity index (χ3n) is 4.99. The van der Waals surface area contributed by atoms with E-state index in [1.807, 2.05) is 0 Å². The van der Waals surface area contributed by atoms with Crippen LogP contribution in [0.4, 0.5) is 5.82 Å². The number of unbranched alkanes of at least 4 members (excludes halogenated alkanes) is 5. The molecular weight excluding hydrogens is 364 g/mol. The van der Waals surface area contributed by atoms with Gasteiger partial charge in [0.05, 0.1) is 6.33 Å². The zero-order valence-corrected chi connectivity index (χ0v) is 16.0. The second-order valence-electron chi connectivity index (χ2n) is 7.07. The van der Waals surface area contributed by atoms with Gasteiger partial charge in [-0.2, -0.15) is 0 Å². The molecule has 10 nitrogen and oxygen atoms in total. The molecule has 0 radical (unpaired) electrons. The Labute approximate surface area is 163 Å². The van der Waals surface area contributed by atoms with Crippen LogP contribution in [0.5, 0.6) is 0 Å². The fourth-order valence-corrected chi connectivity index (χ4v) is 3.38. The fraction of sp³-hybridized carbons (Fsp3) is 0.667. The molecule has 154 valence electrons. The highest BCUT2D eigenvalue weighted by Crippen LogP contribution is 2.32. The van der Waals surface area contributed by atoms with E-state index in [1.54, 1.807) is 0 Å². The first-order valence-electron chi connectivity index (χ1n) is 9.77. The molecule has 28 heavy (non-hydrogen) atoms. The Bertz CT molecular complexity index is 797. The molecular formula is C18H28N6O4. The summed E-state index contributed by atoms with van der Waals surface area (Å²) in [5.74, 6) is -0.244. The maximum absolute atomic E-state index is 12.4. The van der Waals surface area contributed by atoms with Gasteiger partial charge < -0.3 is 26.0 Å². The van der Waals surface area contributed by atoms with Gasteiger partial charge in [-0.1, -0.05) is 39.0 Å². The van der Waals surface area contributed by atoms with Crippen LogP contribution in [0.25, 0.3) is 11.2 Å². The van der Waals surface area contributed by atoms with Crippen LogP contribution < -0.4 is 11.1 Å². The smallest absolute Gasteiger partial charge is 0.252 e. The number of nitrogens with one attached hydrogen (secondary N) is 1. The van der Waals surface area contributed by atoms with Crippen LogP contribution in [-0.4, -0.2) is 60.5 Å². The molecule has 3 rings (SSSR count). The van der Waals surface area contributed by atoms with Gasteiger partial charge >= 0.3 is 0 Å². The van der Waals surface area contributed by atoms with Crippen LogP contribution >= 0.6 is 0 Å². The SMILES string of the molecule is CCCCCCCCNC(=O)[C@@H]1O[C@@H](n2cnc3c(N)ncnc32)[C@@H](O)[C@@H]1O. The minimum atomic E-state index is -1.36. The number of imidazole rings is 1. The van der Waals surface area contributed by atoms with Crippen LogP contribution in [0.15, 0.2) is 12.7 Å². The van der Waals surface area contributed by atoms with Crippen molar-refractivity contribution in [2.24, 2.45) is 0 Å². The third-order valence-corrected chi connectivity index (χ3v) is 4.99. The molecule has 1 saturated heterocycles. The Balaban J connectivity index is 1.57. The molecule has 1 aliphatic rings. The lowest BCUT2D eigenvalue weighted by Gasteiger charge is -2.16. The number of hydrogen-bond donors (Lipinski definition) is 4. The summed E-state index contributed by atoms with van der Waals surface area (Å²) in [6.45, 7) is 2.68. The van der Waals surface area contributed by atoms with Crippen molar-refractivity contribution < 1.29 is 19.7 Å². The summed E-state index contributed by atoms with van der Waals surface area (Å²) in [6.07, 6.45) is 4.52. The molecule has 1 aliphatic heterocycles. The van der Waals surface area contributed by atoms with E-state index in [0.29, 0.717) is 17.7 Å². The summed E-state index contributed by atoms with van der Waals surface area (Å²) in [7, 11) is 0. The van der Waals surface area contributed by atoms with E-state index in [9.17, 15) is 15.0 Å². The molecule has 3 heterocycles. The molecule has 5 N–H and O–H groups in total. The number of carbonyl (C=O) groups excluding carboxylic acids is 1. The first-order chi connectivity index (χ1) is 13.5. The number of aliphatic hydroxyl groups excluding tert-OH is 2. The fourth-order valence-electron chi connectivity index (χ4n) is 3.38. The predicted molar refractivity (Wildman–Crippen MR) is 102 cm³/mol. The number of ether oxygens (including phenoxy) is 1. The first-order valence-corrected chi connectivity index (χ1v) is 9.77. The molecule has 10 heteroatoms. The maximum Gasteiger partial charge on any atom is 0.252 e. The minimum absolute atomic E-state index is 0.199. The third kappa shape index (κ3) is 4.23. The quantitative estimate of drug-likeness (QED) is 0.451. The number of amides is 1. The van der Waals surface area contributed by atoms with Crippen LogP contribution in [0.3, 0.4) is 0 Å². The first kappa shape index (κ1) is 20.4. The number of nitrogens with zero attached hydrogens (tertiary/aromatic N) is 4. The summed E-state index contributed by atoms with van der Waals surface area (Å²) in [5, 5.41) is 23.5. The van der Waals surface area contributed by atoms with E-state index in [2.05, 4.69) is 27.2 Å². The number of rotatable bonds is 9. The Morgan fingerprint density at radius 3 is 2.71 bits per heavy atom. The molecule has 1 amide bonds. The van der Waals surface area contributed by atoms with Crippen molar-refractivity contribution in [3.8, 4) is 0 Å². The largest absolute Gasteiger partial charge is 0.387 e. The summed E-state index contributed by atoms with van der Waals surface area (Å²) in [5.41, 5.74) is 6.49. The lowest BCUT2D eigenvalue weighted by Crippen LogP contribution is -2.43. The minimum Gasteiger partial charge on any atom is -0.387 e. The van der Waals surface area contributed by atoms with Crippen LogP contribution in [0.1, 0.15) is 51.7 Å². The molecule has 2 aromatic heterocycles. The predicted octanol–water partition coefficient (Wildman–Crippen LogP) is 0.504. The molecule has 2 aromatic rings. The zero-order valence-electron chi connectivity index (χ0n) is 16.0. The van der Waals surface area contributed by atoms with Crippen molar-refractivity contribution in [3.63, 3.8) is 0 Å². The monoisotopic (exact) mass is 392 g/mol. The maximum atomic E-state index is 12.4. The van der Waals surface area contributed by atoms with Crippen LogP contribution in [-0.2, 0) is 9.53 Å². The second kappa shape index (κ2) is 9.26. The highest BCUT2D eigenvalue weighted by molar-refractivity contribution is 5.82. The van der Waals surface area contributed by atoms with E-state index >= 15 is 0 Å². The van der Waals surface area contributed by atoms with Gasteiger partial charge in [0.15, 0.2) is 23.8 Å². The van der Waals surface area contributed by atoms with Crippen LogP contribution in [0, 0.1) is 0 Å². The molecule has 0 aromatic carbocycles. The number of fused-ring (bicyclic) bond motifs is 1. The number of nitrogens with two attached hydrogens (primary N) is 1. The van der Waals surface area contributed by atoms with Gasteiger partial charge in [0.2, 0.25) is 0 Å². The Kier molecular flexibility index (Phi) is 6.76. The van der Waals surface area contributed by atoms with Crippen molar-refractivity contribution in [2.75, 3.05) is 12.3 Å². The van der Waals surface area contributed by atoms with Crippen molar-refractivity contribution >= 4 is 22.9 Å². The van der Waals surface area contributed by atoms with Crippen molar-refractivity contribution in [1.29, 1.82) is 0 Å². The lowest BCUT2D eigenvalue weighted by molar-refractivity contribution is -0.137. The van der Waals surface area contributed by atoms with Gasteiger partial charge in [-0.25, -0.2) is 15.0 Å². The normalized spacial score (nSPS) is 24.7. The topological polar surface area (TPSA) is 148 Å². The van der Waals surface area contributed by atoms with E-state index in [1.165, 1.54) is 36.5 Å². The summed E-state index contributed by atoms with van der Waals surface area (Å²) in [6, 6.07) is 0. The average molecular weight is 392 g/mol. The standard InChI is InChI=1S/C18H28N6O4/c1-2-3-4-5-6-7-8-20-17(27)14-12(25)13(26)18(28-14)24-10-23-11-15(19)21-9-22-16(11)24/h9-10,12-14,18,25-26H,2-8H2,1H3,(H,20,27)(H2,19,21,22)/t12-,13-,14+,18+/m0/s1. The zero-order chi connectivity index (χ0) is 20.1. The lowest BCUT2D eigenvalue weighted by atomic mass is 10.1. The number of anilines is 1. The van der Waals surface area contributed by atoms with E-state index < -0.39 is 30.4 Å². The highest BCUT2D eigenvalue weighted by Gasteiger charge is 2.47. The van der Waals surface area contributed by atoms with Gasteiger partial charge in [-0.05, 0) is 6.42 Å². The molecule has 1 fully saturated rings. The Morgan fingerprint density at radius 2 is 1.93 bits per heavy atom. The number of aromatic nitrogens is 4. The molecule has 0 bridgehead atoms. The molecule has 0 aliphatic carbocycles. The Hall–Kier alpha value is -2.30. The average Bonchev–Trinajstić information content (AvgIpc) is 3.24. The van der Waals surface area contributed by atoms with Gasteiger partial charge in [0, 0.05) is 6.54 Å². The molecule has 0 saturated carbocycles. The van der Waals surface area contributed by atoms with Gasteiger partial charge in [-0.15, -0.1) is 0 Å². The second-order valence-corrected chi connectivity index (χ2v) is 7.07. The number of aliphatic hydroxyl groups is 2. The molecule has 4 atom stereocenters. The van der Waals surface area contributed by atoms with Crippen LogP contribution in [0.2, 0.25) is 0 Å². The summed E-state index contributed by atoms with van der Waals surface area (Å²) >= 11 is 0. The van der Waals surface area contributed by atoms with E-state index in [-0.39, 0.29) is 5.82 Å². The Morgan fingerprint density at radius 1 is 1.18 bits per heavy atom. The van der Waals surface area contributed by atoms with Gasteiger partial charge in [-0.3, -0.25) is 9.36 Å².